The van der Waals surface area contributed by atoms with Gasteiger partial charge >= 0.3 is 5.97 Å². The highest BCUT2D eigenvalue weighted by molar-refractivity contribution is 5.93. The Bertz CT molecular complexity index is 963. The van der Waals surface area contributed by atoms with Crippen molar-refractivity contribution in [2.24, 2.45) is 0 Å². The topological polar surface area (TPSA) is 80.5 Å². The number of phenolic OH excluding ortho intramolecular Hbond substituents is 1. The number of hydrogen-bond acceptors (Lipinski definition) is 6. The lowest BCUT2D eigenvalue weighted by Crippen LogP contribution is -2.21. The summed E-state index contributed by atoms with van der Waals surface area (Å²) in [7, 11) is 0. The van der Waals surface area contributed by atoms with Crippen LogP contribution in [0.2, 0.25) is 0 Å². The minimum absolute atomic E-state index is 0.101. The first-order valence-electron chi connectivity index (χ1n) is 9.69. The highest BCUT2D eigenvalue weighted by Gasteiger charge is 2.14. The van der Waals surface area contributed by atoms with Gasteiger partial charge in [-0.25, -0.2) is 4.79 Å². The first-order chi connectivity index (χ1) is 13.6. The van der Waals surface area contributed by atoms with Gasteiger partial charge in [-0.1, -0.05) is 13.3 Å². The van der Waals surface area contributed by atoms with E-state index in [0.717, 1.165) is 31.6 Å². The quantitative estimate of drug-likeness (QED) is 0.470. The summed E-state index contributed by atoms with van der Waals surface area (Å²) in [4.78, 5) is 15.7. The minimum atomic E-state index is -0.365. The molecule has 0 bridgehead atoms. The number of ether oxygens (including phenoxy) is 1. The molecule has 0 fully saturated rings. The van der Waals surface area contributed by atoms with Gasteiger partial charge in [0, 0.05) is 24.8 Å². The summed E-state index contributed by atoms with van der Waals surface area (Å²) in [6, 6.07) is 10.5. The summed E-state index contributed by atoms with van der Waals surface area (Å²) in [6.07, 6.45) is 1.81. The highest BCUT2D eigenvalue weighted by Crippen LogP contribution is 2.27. The standard InChI is InChI=1S/C21H26N4O3/c1-4-7-12-28-21(27)15-8-10-17-18(13-15)23-25(22-17)19-11-9-16(14-20(19)26)24(5-2)6-3/h8-11,13-14,26H,4-7,12H2,1-3H3. The van der Waals surface area contributed by atoms with Crippen molar-refractivity contribution in [3.05, 3.63) is 42.0 Å². The first kappa shape index (κ1) is 19.7. The minimum Gasteiger partial charge on any atom is -0.506 e. The van der Waals surface area contributed by atoms with E-state index in [1.807, 2.05) is 13.0 Å². The first-order valence-corrected chi connectivity index (χ1v) is 9.69. The van der Waals surface area contributed by atoms with E-state index in [0.29, 0.717) is 28.9 Å². The summed E-state index contributed by atoms with van der Waals surface area (Å²) < 4.78 is 5.25. The molecule has 148 valence electrons. The van der Waals surface area contributed by atoms with Gasteiger partial charge in [-0.05, 0) is 50.6 Å². The number of fused-ring (bicyclic) bond motifs is 1. The second-order valence-electron chi connectivity index (χ2n) is 6.53. The number of rotatable bonds is 8. The lowest BCUT2D eigenvalue weighted by molar-refractivity contribution is 0.0500. The third kappa shape index (κ3) is 4.08. The van der Waals surface area contributed by atoms with Gasteiger partial charge in [-0.2, -0.15) is 0 Å². The molecule has 28 heavy (non-hydrogen) atoms. The van der Waals surface area contributed by atoms with E-state index in [2.05, 4.69) is 28.9 Å². The number of unbranched alkanes of at least 4 members (excludes halogenated alkanes) is 1. The Morgan fingerprint density at radius 2 is 1.82 bits per heavy atom. The van der Waals surface area contributed by atoms with Gasteiger partial charge < -0.3 is 14.7 Å². The van der Waals surface area contributed by atoms with Crippen molar-refractivity contribution >= 4 is 22.7 Å². The molecule has 0 amide bonds. The molecule has 0 radical (unpaired) electrons. The van der Waals surface area contributed by atoms with Crippen molar-refractivity contribution < 1.29 is 14.6 Å². The molecule has 0 aliphatic carbocycles. The molecule has 1 aromatic heterocycles. The molecule has 0 aliphatic rings. The molecular formula is C21H26N4O3. The van der Waals surface area contributed by atoms with Gasteiger partial charge in [-0.15, -0.1) is 15.0 Å². The van der Waals surface area contributed by atoms with Crippen LogP contribution in [-0.4, -0.2) is 45.8 Å². The van der Waals surface area contributed by atoms with E-state index in [9.17, 15) is 9.90 Å². The van der Waals surface area contributed by atoms with Crippen molar-refractivity contribution in [1.82, 2.24) is 15.0 Å². The van der Waals surface area contributed by atoms with E-state index in [1.165, 1.54) is 4.80 Å². The maximum Gasteiger partial charge on any atom is 0.338 e. The number of esters is 1. The summed E-state index contributed by atoms with van der Waals surface area (Å²) in [5.41, 5.74) is 3.07. The van der Waals surface area contributed by atoms with Crippen LogP contribution in [0.25, 0.3) is 16.7 Å². The van der Waals surface area contributed by atoms with E-state index in [-0.39, 0.29) is 11.7 Å². The number of benzene rings is 2. The number of aromatic hydroxyl groups is 1. The molecule has 0 saturated carbocycles. The fraction of sp³-hybridized carbons (Fsp3) is 0.381. The van der Waals surface area contributed by atoms with Crippen LogP contribution in [0.15, 0.2) is 36.4 Å². The van der Waals surface area contributed by atoms with Crippen LogP contribution in [0.3, 0.4) is 0 Å². The normalized spacial score (nSPS) is 11.0. The second kappa shape index (κ2) is 8.73. The third-order valence-corrected chi connectivity index (χ3v) is 4.65. The Labute approximate surface area is 164 Å². The SMILES string of the molecule is CCCCOC(=O)c1ccc2nn(-c3ccc(N(CC)CC)cc3O)nc2c1. The van der Waals surface area contributed by atoms with Crippen LogP contribution < -0.4 is 4.90 Å². The third-order valence-electron chi connectivity index (χ3n) is 4.65. The molecule has 0 atom stereocenters. The van der Waals surface area contributed by atoms with Crippen molar-refractivity contribution in [2.45, 2.75) is 33.6 Å². The number of phenols is 1. The molecule has 3 rings (SSSR count). The Balaban J connectivity index is 1.87. The molecule has 7 nitrogen and oxygen atoms in total. The number of carbonyl (C=O) groups excluding carboxylic acids is 1. The summed E-state index contributed by atoms with van der Waals surface area (Å²) in [5.74, 6) is -0.264. The Hall–Kier alpha value is -3.09. The largest absolute Gasteiger partial charge is 0.506 e. The summed E-state index contributed by atoms with van der Waals surface area (Å²) >= 11 is 0. The summed E-state index contributed by atoms with van der Waals surface area (Å²) in [6.45, 7) is 8.31. The smallest absolute Gasteiger partial charge is 0.338 e. The lowest BCUT2D eigenvalue weighted by atomic mass is 10.2. The average molecular weight is 382 g/mol. The van der Waals surface area contributed by atoms with E-state index in [4.69, 9.17) is 4.74 Å². The molecule has 2 aromatic carbocycles. The lowest BCUT2D eigenvalue weighted by Gasteiger charge is -2.21. The van der Waals surface area contributed by atoms with Crippen LogP contribution in [0, 0.1) is 0 Å². The molecule has 0 saturated heterocycles. The van der Waals surface area contributed by atoms with Crippen LogP contribution in [0.4, 0.5) is 5.69 Å². The van der Waals surface area contributed by atoms with E-state index in [1.54, 1.807) is 30.3 Å². The fourth-order valence-corrected chi connectivity index (χ4v) is 3.01. The van der Waals surface area contributed by atoms with Crippen molar-refractivity contribution in [2.75, 3.05) is 24.6 Å². The van der Waals surface area contributed by atoms with Gasteiger partial charge in [0.1, 0.15) is 22.5 Å². The molecule has 3 aromatic rings. The van der Waals surface area contributed by atoms with Crippen LogP contribution >= 0.6 is 0 Å². The van der Waals surface area contributed by atoms with Crippen molar-refractivity contribution in [3.8, 4) is 11.4 Å². The zero-order chi connectivity index (χ0) is 20.1. The van der Waals surface area contributed by atoms with Crippen LogP contribution in [0.1, 0.15) is 44.0 Å². The van der Waals surface area contributed by atoms with Crippen molar-refractivity contribution in [3.63, 3.8) is 0 Å². The molecule has 1 N–H and O–H groups in total. The monoisotopic (exact) mass is 382 g/mol. The summed E-state index contributed by atoms with van der Waals surface area (Å²) in [5, 5.41) is 19.3. The number of hydrogen-bond donors (Lipinski definition) is 1. The van der Waals surface area contributed by atoms with E-state index >= 15 is 0 Å². The molecular weight excluding hydrogens is 356 g/mol. The molecule has 1 heterocycles. The van der Waals surface area contributed by atoms with Gasteiger partial charge in [-0.3, -0.25) is 0 Å². The second-order valence-corrected chi connectivity index (χ2v) is 6.53. The number of anilines is 1. The maximum absolute atomic E-state index is 12.1. The van der Waals surface area contributed by atoms with Crippen LogP contribution in [-0.2, 0) is 4.74 Å². The number of carbonyl (C=O) groups is 1. The zero-order valence-electron chi connectivity index (χ0n) is 16.6. The van der Waals surface area contributed by atoms with Gasteiger partial charge in [0.2, 0.25) is 0 Å². The Morgan fingerprint density at radius 1 is 1.07 bits per heavy atom. The Morgan fingerprint density at radius 3 is 2.50 bits per heavy atom. The fourth-order valence-electron chi connectivity index (χ4n) is 3.01. The zero-order valence-corrected chi connectivity index (χ0v) is 16.6. The van der Waals surface area contributed by atoms with Crippen LogP contribution in [0.5, 0.6) is 5.75 Å². The number of nitrogens with zero attached hydrogens (tertiary/aromatic N) is 4. The van der Waals surface area contributed by atoms with E-state index < -0.39 is 0 Å². The molecule has 0 aliphatic heterocycles. The van der Waals surface area contributed by atoms with Gasteiger partial charge in [0.25, 0.3) is 0 Å². The van der Waals surface area contributed by atoms with Gasteiger partial charge in [0.15, 0.2) is 0 Å². The maximum atomic E-state index is 12.1. The highest BCUT2D eigenvalue weighted by atomic mass is 16.5. The molecule has 0 unspecified atom stereocenters. The average Bonchev–Trinajstić information content (AvgIpc) is 3.12. The van der Waals surface area contributed by atoms with Crippen molar-refractivity contribution in [1.29, 1.82) is 0 Å². The number of aromatic nitrogens is 3. The molecule has 7 heteroatoms. The van der Waals surface area contributed by atoms with Gasteiger partial charge in [0.05, 0.1) is 12.2 Å². The molecule has 0 spiro atoms. The predicted octanol–water partition coefficient (Wildman–Crippen LogP) is 3.93. The Kier molecular flexibility index (Phi) is 6.13. The predicted molar refractivity (Wildman–Crippen MR) is 109 cm³/mol.